The fourth-order valence-corrected chi connectivity index (χ4v) is 3.12. The van der Waals surface area contributed by atoms with Gasteiger partial charge in [-0.25, -0.2) is 4.98 Å². The van der Waals surface area contributed by atoms with Crippen LogP contribution in [0.15, 0.2) is 61.2 Å². The molecule has 0 fully saturated rings. The molecule has 2 heterocycles. The number of fused-ring (bicyclic) bond motifs is 1. The Morgan fingerprint density at radius 1 is 1.12 bits per heavy atom. The number of rotatable bonds is 3. The zero-order valence-corrected chi connectivity index (χ0v) is 14.2. The largest absolute Gasteiger partial charge is 0.326 e. The van der Waals surface area contributed by atoms with Gasteiger partial charge in [0.15, 0.2) is 0 Å². The number of carbonyl (C=O) groups excluding carboxylic acids is 1. The molecule has 4 nitrogen and oxygen atoms in total. The molecule has 0 radical (unpaired) electrons. The SMILES string of the molecule is O=C1CCc2cc(C(=Cn3ccnc3)c3ccc(Cl)cc3)ccc2N1. The number of nitrogens with one attached hydrogen (secondary N) is 1. The Kier molecular flexibility index (Phi) is 4.12. The van der Waals surface area contributed by atoms with Crippen LogP contribution in [0, 0.1) is 0 Å². The lowest BCUT2D eigenvalue weighted by Gasteiger charge is -2.18. The summed E-state index contributed by atoms with van der Waals surface area (Å²) in [5, 5.41) is 3.64. The van der Waals surface area contributed by atoms with E-state index in [-0.39, 0.29) is 5.91 Å². The van der Waals surface area contributed by atoms with Crippen molar-refractivity contribution in [1.29, 1.82) is 0 Å². The van der Waals surface area contributed by atoms with Gasteiger partial charge in [0.05, 0.1) is 6.33 Å². The molecule has 124 valence electrons. The Balaban J connectivity index is 1.81. The van der Waals surface area contributed by atoms with Crippen LogP contribution in [-0.2, 0) is 11.2 Å². The van der Waals surface area contributed by atoms with Gasteiger partial charge in [0.25, 0.3) is 0 Å². The summed E-state index contributed by atoms with van der Waals surface area (Å²) >= 11 is 6.04. The van der Waals surface area contributed by atoms with E-state index in [0.717, 1.165) is 34.4 Å². The molecule has 0 atom stereocenters. The maximum atomic E-state index is 11.6. The van der Waals surface area contributed by atoms with Crippen molar-refractivity contribution in [3.05, 3.63) is 82.9 Å². The van der Waals surface area contributed by atoms with Gasteiger partial charge in [-0.2, -0.15) is 0 Å². The van der Waals surface area contributed by atoms with Crippen molar-refractivity contribution in [3.63, 3.8) is 0 Å². The van der Waals surface area contributed by atoms with Crippen LogP contribution >= 0.6 is 11.6 Å². The summed E-state index contributed by atoms with van der Waals surface area (Å²) in [6, 6.07) is 13.9. The Labute approximate surface area is 150 Å². The number of hydrogen-bond acceptors (Lipinski definition) is 2. The van der Waals surface area contributed by atoms with Gasteiger partial charge in [-0.05, 0) is 47.4 Å². The number of halogens is 1. The molecular weight excluding hydrogens is 334 g/mol. The first kappa shape index (κ1) is 15.7. The summed E-state index contributed by atoms with van der Waals surface area (Å²) < 4.78 is 1.92. The highest BCUT2D eigenvalue weighted by Crippen LogP contribution is 2.31. The summed E-state index contributed by atoms with van der Waals surface area (Å²) in [5.74, 6) is 0.0760. The van der Waals surface area contributed by atoms with E-state index in [4.69, 9.17) is 11.6 Å². The van der Waals surface area contributed by atoms with Crippen LogP contribution in [0.5, 0.6) is 0 Å². The van der Waals surface area contributed by atoms with Crippen LogP contribution in [-0.4, -0.2) is 15.5 Å². The highest BCUT2D eigenvalue weighted by Gasteiger charge is 2.16. The van der Waals surface area contributed by atoms with E-state index in [1.54, 1.807) is 12.5 Å². The predicted octanol–water partition coefficient (Wildman–Crippen LogP) is 4.47. The smallest absolute Gasteiger partial charge is 0.224 e. The summed E-state index contributed by atoms with van der Waals surface area (Å²) in [7, 11) is 0. The van der Waals surface area contributed by atoms with Gasteiger partial charge >= 0.3 is 0 Å². The summed E-state index contributed by atoms with van der Waals surface area (Å²) in [6.45, 7) is 0. The average molecular weight is 350 g/mol. The van der Waals surface area contributed by atoms with Crippen LogP contribution in [0.2, 0.25) is 5.02 Å². The third-order valence-electron chi connectivity index (χ3n) is 4.27. The average Bonchev–Trinajstić information content (AvgIpc) is 3.13. The molecule has 0 aliphatic carbocycles. The second-order valence-corrected chi connectivity index (χ2v) is 6.42. The highest BCUT2D eigenvalue weighted by atomic mass is 35.5. The number of hydrogen-bond donors (Lipinski definition) is 1. The number of aromatic nitrogens is 2. The second kappa shape index (κ2) is 6.57. The lowest BCUT2D eigenvalue weighted by atomic mass is 9.94. The van der Waals surface area contributed by atoms with E-state index in [0.29, 0.717) is 11.4 Å². The lowest BCUT2D eigenvalue weighted by Crippen LogP contribution is -2.18. The van der Waals surface area contributed by atoms with E-state index >= 15 is 0 Å². The maximum absolute atomic E-state index is 11.6. The molecule has 1 amide bonds. The van der Waals surface area contributed by atoms with Gasteiger partial charge < -0.3 is 9.88 Å². The third kappa shape index (κ3) is 3.35. The Morgan fingerprint density at radius 2 is 1.92 bits per heavy atom. The van der Waals surface area contributed by atoms with Crippen LogP contribution in [0.3, 0.4) is 0 Å². The van der Waals surface area contributed by atoms with E-state index in [2.05, 4.69) is 16.4 Å². The minimum absolute atomic E-state index is 0.0760. The first-order valence-corrected chi connectivity index (χ1v) is 8.45. The fraction of sp³-hybridized carbons (Fsp3) is 0.100. The van der Waals surface area contributed by atoms with Gasteiger partial charge in [0.2, 0.25) is 5.91 Å². The highest BCUT2D eigenvalue weighted by molar-refractivity contribution is 6.30. The first-order valence-electron chi connectivity index (χ1n) is 8.07. The molecule has 0 saturated heterocycles. The molecule has 1 aliphatic heterocycles. The van der Waals surface area contributed by atoms with Gasteiger partial charge in [0.1, 0.15) is 0 Å². The number of anilines is 1. The molecule has 25 heavy (non-hydrogen) atoms. The van der Waals surface area contributed by atoms with Crippen molar-refractivity contribution in [2.45, 2.75) is 12.8 Å². The van der Waals surface area contributed by atoms with Crippen LogP contribution < -0.4 is 5.32 Å². The van der Waals surface area contributed by atoms with E-state index in [1.807, 2.05) is 53.4 Å². The van der Waals surface area contributed by atoms with E-state index in [9.17, 15) is 4.79 Å². The summed E-state index contributed by atoms with van der Waals surface area (Å²) in [5.41, 5.74) is 5.28. The molecular formula is C20H16ClN3O. The summed E-state index contributed by atoms with van der Waals surface area (Å²) in [6.07, 6.45) is 8.73. The molecule has 1 aromatic heterocycles. The second-order valence-electron chi connectivity index (χ2n) is 5.98. The van der Waals surface area contributed by atoms with Gasteiger partial charge in [-0.1, -0.05) is 29.8 Å². The molecule has 1 N–H and O–H groups in total. The van der Waals surface area contributed by atoms with Crippen molar-refractivity contribution in [3.8, 4) is 0 Å². The molecule has 5 heteroatoms. The molecule has 2 aromatic carbocycles. The maximum Gasteiger partial charge on any atom is 0.224 e. The molecule has 3 aromatic rings. The minimum atomic E-state index is 0.0760. The molecule has 0 saturated carbocycles. The Bertz CT molecular complexity index is 944. The Morgan fingerprint density at radius 3 is 2.68 bits per heavy atom. The topological polar surface area (TPSA) is 46.9 Å². The monoisotopic (exact) mass is 349 g/mol. The minimum Gasteiger partial charge on any atom is -0.326 e. The zero-order valence-electron chi connectivity index (χ0n) is 13.4. The van der Waals surface area contributed by atoms with Crippen molar-refractivity contribution in [2.75, 3.05) is 5.32 Å². The Hall–Kier alpha value is -2.85. The van der Waals surface area contributed by atoms with Crippen molar-refractivity contribution in [1.82, 2.24) is 9.55 Å². The number of benzene rings is 2. The molecule has 1 aliphatic rings. The molecule has 0 bridgehead atoms. The first-order chi connectivity index (χ1) is 12.2. The van der Waals surface area contributed by atoms with Crippen molar-refractivity contribution >= 4 is 35.0 Å². The van der Waals surface area contributed by atoms with Crippen LogP contribution in [0.1, 0.15) is 23.1 Å². The lowest BCUT2D eigenvalue weighted by molar-refractivity contribution is -0.116. The number of carbonyl (C=O) groups is 1. The number of amides is 1. The van der Waals surface area contributed by atoms with Crippen LogP contribution in [0.4, 0.5) is 5.69 Å². The van der Waals surface area contributed by atoms with Gasteiger partial charge in [-0.3, -0.25) is 4.79 Å². The quantitative estimate of drug-likeness (QED) is 0.758. The standard InChI is InChI=1S/C20H16ClN3O/c21-17-5-1-14(2-6-17)18(12-24-10-9-22-13-24)15-3-7-19-16(11-15)4-8-20(25)23-19/h1-3,5-7,9-13H,4,8H2,(H,23,25). The van der Waals surface area contributed by atoms with Gasteiger partial charge in [0, 0.05) is 41.3 Å². The van der Waals surface area contributed by atoms with Gasteiger partial charge in [-0.15, -0.1) is 0 Å². The molecule has 0 spiro atoms. The fourth-order valence-electron chi connectivity index (χ4n) is 2.99. The number of aryl methyl sites for hydroxylation is 1. The molecule has 4 rings (SSSR count). The third-order valence-corrected chi connectivity index (χ3v) is 4.52. The van der Waals surface area contributed by atoms with Crippen molar-refractivity contribution in [2.24, 2.45) is 0 Å². The predicted molar refractivity (Wildman–Crippen MR) is 100 cm³/mol. The van der Waals surface area contributed by atoms with Crippen molar-refractivity contribution < 1.29 is 4.79 Å². The zero-order chi connectivity index (χ0) is 17.2. The summed E-state index contributed by atoms with van der Waals surface area (Å²) in [4.78, 5) is 15.7. The normalized spacial score (nSPS) is 14.1. The van der Waals surface area contributed by atoms with Crippen LogP contribution in [0.25, 0.3) is 11.8 Å². The molecule has 0 unspecified atom stereocenters. The van der Waals surface area contributed by atoms with E-state index < -0.39 is 0 Å². The van der Waals surface area contributed by atoms with E-state index in [1.165, 1.54) is 0 Å². The number of nitrogens with zero attached hydrogens (tertiary/aromatic N) is 2. The number of imidazole rings is 1.